The molecule has 0 spiro atoms. The molecule has 0 heterocycles. The van der Waals surface area contributed by atoms with Gasteiger partial charge in [0.15, 0.2) is 17.4 Å². The maximum Gasteiger partial charge on any atom is 0.187 e. The van der Waals surface area contributed by atoms with Gasteiger partial charge in [0.05, 0.1) is 0 Å². The van der Waals surface area contributed by atoms with E-state index in [0.29, 0.717) is 0 Å². The molecular formula is H3AlCuPdTi. The summed E-state index contributed by atoms with van der Waals surface area (Å²) in [6.07, 6.45) is 0. The summed E-state index contributed by atoms with van der Waals surface area (Å²) in [5.74, 6) is 0. The van der Waals surface area contributed by atoms with Crippen LogP contribution in [0.5, 0.6) is 0 Å². The smallest absolute Gasteiger partial charge is 0 e. The second-order valence-corrected chi connectivity index (χ2v) is 0. The Morgan fingerprint density at radius 1 is 1.00 bits per heavy atom. The molecule has 0 amide bonds. The van der Waals surface area contributed by atoms with Gasteiger partial charge in [-0.25, -0.2) is 0 Å². The number of rotatable bonds is 0. The van der Waals surface area contributed by atoms with Crippen LogP contribution >= 0.6 is 0 Å². The average molecular weight is 248 g/mol. The maximum atomic E-state index is 0. The van der Waals surface area contributed by atoms with Crippen LogP contribution in [0.15, 0.2) is 0 Å². The molecule has 0 unspecified atom stereocenters. The molecule has 4 heteroatoms. The minimum absolute atomic E-state index is 0. The van der Waals surface area contributed by atoms with Gasteiger partial charge in [-0.15, -0.1) is 0 Å². The fourth-order valence-electron chi connectivity index (χ4n) is 0. The third-order valence-corrected chi connectivity index (χ3v) is 0. The monoisotopic (exact) mass is 247 g/mol. The van der Waals surface area contributed by atoms with Crippen molar-refractivity contribution in [1.29, 1.82) is 0 Å². The molecule has 0 aromatic carbocycles. The van der Waals surface area contributed by atoms with Crippen LogP contribution in [-0.2, 0) is 59.2 Å². The Morgan fingerprint density at radius 3 is 1.00 bits per heavy atom. The van der Waals surface area contributed by atoms with Gasteiger partial charge in [0.25, 0.3) is 0 Å². The van der Waals surface area contributed by atoms with E-state index in [1.165, 1.54) is 0 Å². The van der Waals surface area contributed by atoms with Gasteiger partial charge < -0.3 is 0 Å². The van der Waals surface area contributed by atoms with Crippen LogP contribution in [0.25, 0.3) is 0 Å². The van der Waals surface area contributed by atoms with Crippen molar-refractivity contribution in [2.24, 2.45) is 0 Å². The van der Waals surface area contributed by atoms with E-state index >= 15 is 0 Å². The van der Waals surface area contributed by atoms with E-state index in [9.17, 15) is 0 Å². The zero-order valence-electron chi connectivity index (χ0n) is 1.12. The van der Waals surface area contributed by atoms with Crippen molar-refractivity contribution in [1.82, 2.24) is 0 Å². The Hall–Kier alpha value is 2.43. The molecule has 0 aromatic rings. The second-order valence-electron chi connectivity index (χ2n) is 0. The predicted molar refractivity (Wildman–Crippen MR) is 9.94 cm³/mol. The first-order valence-corrected chi connectivity index (χ1v) is 0. The molecule has 0 aliphatic heterocycles. The molecule has 0 fully saturated rings. The number of hydrogen-bond donors (Lipinski definition) is 0. The summed E-state index contributed by atoms with van der Waals surface area (Å²) in [7, 11) is 0. The predicted octanol–water partition coefficient (Wildman–Crippen LogP) is -1.19. The van der Waals surface area contributed by atoms with Gasteiger partial charge in [0, 0.05) is 59.2 Å². The SMILES string of the molecule is [AlH3].[Cu].[Pd].[Ti]. The zero-order valence-corrected chi connectivity index (χ0v) is 5.18. The van der Waals surface area contributed by atoms with Crippen LogP contribution in [0.1, 0.15) is 0 Å². The third kappa shape index (κ3) is 8.83. The topological polar surface area (TPSA) is 0 Å². The molecule has 4 heavy (non-hydrogen) atoms. The molecule has 0 rings (SSSR count). The largest absolute Gasteiger partial charge is 0.187 e. The molecule has 0 saturated heterocycles. The molecule has 0 N–H and O–H groups in total. The molecule has 0 aromatic heterocycles. The summed E-state index contributed by atoms with van der Waals surface area (Å²) >= 11 is 0. The first-order valence-electron chi connectivity index (χ1n) is 0. The first-order chi connectivity index (χ1) is 0. The van der Waals surface area contributed by atoms with Gasteiger partial charge in [0.1, 0.15) is 0 Å². The van der Waals surface area contributed by atoms with Crippen LogP contribution in [0.4, 0.5) is 0 Å². The molecule has 0 bridgehead atoms. The normalized spacial score (nSPS) is 0. The van der Waals surface area contributed by atoms with Gasteiger partial charge >= 0.3 is 0 Å². The Labute approximate surface area is 75.6 Å². The summed E-state index contributed by atoms with van der Waals surface area (Å²) in [6, 6.07) is 0. The van der Waals surface area contributed by atoms with Crippen LogP contribution in [0.3, 0.4) is 0 Å². The van der Waals surface area contributed by atoms with Crippen molar-refractivity contribution < 1.29 is 59.2 Å². The minimum atomic E-state index is 0. The summed E-state index contributed by atoms with van der Waals surface area (Å²) in [5.41, 5.74) is 0. The Balaban J connectivity index is 0. The van der Waals surface area contributed by atoms with Crippen molar-refractivity contribution in [3.63, 3.8) is 0 Å². The second kappa shape index (κ2) is 18.1. The van der Waals surface area contributed by atoms with E-state index < -0.39 is 0 Å². The molecular weight excluding hydrogens is 245 g/mol. The van der Waals surface area contributed by atoms with E-state index in [1.807, 2.05) is 0 Å². The van der Waals surface area contributed by atoms with E-state index in [2.05, 4.69) is 0 Å². The van der Waals surface area contributed by atoms with Crippen LogP contribution in [0.2, 0.25) is 0 Å². The molecule has 1 radical (unpaired) electrons. The van der Waals surface area contributed by atoms with E-state index in [0.717, 1.165) is 0 Å². The summed E-state index contributed by atoms with van der Waals surface area (Å²) < 4.78 is 0. The van der Waals surface area contributed by atoms with Crippen LogP contribution in [0, 0.1) is 0 Å². The standard InChI is InChI=1S/Al.Cu.Pd.Ti.3H. The van der Waals surface area contributed by atoms with E-state index in [4.69, 9.17) is 0 Å². The summed E-state index contributed by atoms with van der Waals surface area (Å²) in [4.78, 5) is 0. The first kappa shape index (κ1) is 32.1. The quantitative estimate of drug-likeness (QED) is 0.473. The van der Waals surface area contributed by atoms with Gasteiger partial charge in [-0.1, -0.05) is 0 Å². The zero-order chi connectivity index (χ0) is 0. The van der Waals surface area contributed by atoms with Crippen molar-refractivity contribution >= 4 is 17.4 Å². The van der Waals surface area contributed by atoms with Gasteiger partial charge in [-0.2, -0.15) is 0 Å². The third-order valence-electron chi connectivity index (χ3n) is 0. The molecule has 0 nitrogen and oxygen atoms in total. The van der Waals surface area contributed by atoms with Crippen molar-refractivity contribution in [2.45, 2.75) is 0 Å². The van der Waals surface area contributed by atoms with Gasteiger partial charge in [0.2, 0.25) is 0 Å². The summed E-state index contributed by atoms with van der Waals surface area (Å²) in [5, 5.41) is 0. The van der Waals surface area contributed by atoms with Crippen LogP contribution in [-0.4, -0.2) is 17.4 Å². The Bertz CT molecular complexity index is 8.00. The molecule has 0 aliphatic rings. The average Bonchev–Trinajstić information content (AvgIpc) is 0. The van der Waals surface area contributed by atoms with Crippen LogP contribution < -0.4 is 0 Å². The molecule has 0 atom stereocenters. The van der Waals surface area contributed by atoms with Crippen molar-refractivity contribution in [2.75, 3.05) is 0 Å². The van der Waals surface area contributed by atoms with E-state index in [-0.39, 0.29) is 76.6 Å². The van der Waals surface area contributed by atoms with Crippen molar-refractivity contribution in [3.05, 3.63) is 0 Å². The van der Waals surface area contributed by atoms with Crippen molar-refractivity contribution in [3.8, 4) is 0 Å². The molecule has 0 saturated carbocycles. The van der Waals surface area contributed by atoms with Gasteiger partial charge in [-0.05, 0) is 0 Å². The fraction of sp³-hybridized carbons (Fsp3) is 0. The molecule has 0 aliphatic carbocycles. The molecule has 31 valence electrons. The summed E-state index contributed by atoms with van der Waals surface area (Å²) in [6.45, 7) is 0. The number of hydrogen-bond acceptors (Lipinski definition) is 0. The maximum absolute atomic E-state index is 0. The minimum Gasteiger partial charge on any atom is 0 e. The fourth-order valence-corrected chi connectivity index (χ4v) is 0. The van der Waals surface area contributed by atoms with E-state index in [1.54, 1.807) is 0 Å². The van der Waals surface area contributed by atoms with Gasteiger partial charge in [-0.3, -0.25) is 0 Å². The Kier molecular flexibility index (Phi) is 145. The Morgan fingerprint density at radius 2 is 1.00 bits per heavy atom.